The van der Waals surface area contributed by atoms with Gasteiger partial charge in [-0.1, -0.05) is 0 Å². The Morgan fingerprint density at radius 1 is 1.50 bits per heavy atom. The number of hydroxylamine groups is 2. The number of hydrogen-bond donors (Lipinski definition) is 1. The van der Waals surface area contributed by atoms with Gasteiger partial charge in [0.1, 0.15) is 0 Å². The lowest BCUT2D eigenvalue weighted by atomic mass is 9.98. The molecule has 4 nitrogen and oxygen atoms in total. The summed E-state index contributed by atoms with van der Waals surface area (Å²) in [5, 5.41) is 4.92. The summed E-state index contributed by atoms with van der Waals surface area (Å²) >= 11 is 0. The van der Waals surface area contributed by atoms with Crippen molar-refractivity contribution >= 4 is 5.97 Å². The smallest absolute Gasteiger partial charge is 0.330 e. The van der Waals surface area contributed by atoms with Gasteiger partial charge in [-0.05, 0) is 34.2 Å². The maximum absolute atomic E-state index is 11.5. The lowest BCUT2D eigenvalue weighted by Gasteiger charge is -2.21. The summed E-state index contributed by atoms with van der Waals surface area (Å²) in [6, 6.07) is 0.447. The van der Waals surface area contributed by atoms with Crippen LogP contribution in [0.25, 0.3) is 0 Å². The van der Waals surface area contributed by atoms with Gasteiger partial charge in [-0.25, -0.2) is 4.79 Å². The summed E-state index contributed by atoms with van der Waals surface area (Å²) in [5.41, 5.74) is -0.419. The fraction of sp³-hybridized carbons (Fsp3) is 0.900. The zero-order chi connectivity index (χ0) is 10.8. The van der Waals surface area contributed by atoms with Crippen LogP contribution in [-0.4, -0.2) is 37.2 Å². The molecule has 1 saturated heterocycles. The van der Waals surface area contributed by atoms with Crippen LogP contribution in [-0.2, 0) is 9.63 Å². The van der Waals surface area contributed by atoms with E-state index in [1.807, 2.05) is 27.8 Å². The van der Waals surface area contributed by atoms with Crippen LogP contribution in [0.1, 0.15) is 27.2 Å². The van der Waals surface area contributed by atoms with E-state index in [-0.39, 0.29) is 5.97 Å². The Labute approximate surface area is 85.6 Å². The molecule has 1 N–H and O–H groups in total. The molecule has 0 amide bonds. The van der Waals surface area contributed by atoms with E-state index in [1.54, 1.807) is 5.06 Å². The van der Waals surface area contributed by atoms with Crippen LogP contribution in [0.5, 0.6) is 0 Å². The molecule has 0 aromatic rings. The van der Waals surface area contributed by atoms with Gasteiger partial charge in [-0.2, -0.15) is 0 Å². The Balaban J connectivity index is 2.36. The molecule has 1 rings (SSSR count). The first kappa shape index (κ1) is 11.5. The summed E-state index contributed by atoms with van der Waals surface area (Å²) in [6.07, 6.45) is 1.04. The molecule has 0 aliphatic carbocycles. The molecule has 0 aromatic carbocycles. The van der Waals surface area contributed by atoms with Crippen LogP contribution in [0.3, 0.4) is 0 Å². The number of rotatable bonds is 2. The summed E-state index contributed by atoms with van der Waals surface area (Å²) in [6.45, 7) is 7.20. The van der Waals surface area contributed by atoms with Crippen molar-refractivity contribution in [1.29, 1.82) is 0 Å². The molecule has 0 spiro atoms. The number of carbonyl (C=O) groups excluding carboxylic acids is 1. The van der Waals surface area contributed by atoms with E-state index in [4.69, 9.17) is 4.84 Å². The van der Waals surface area contributed by atoms with Gasteiger partial charge in [0.25, 0.3) is 0 Å². The highest BCUT2D eigenvalue weighted by Gasteiger charge is 2.29. The first-order valence-electron chi connectivity index (χ1n) is 5.08. The number of carbonyl (C=O) groups is 1. The molecule has 1 aliphatic rings. The van der Waals surface area contributed by atoms with Crippen molar-refractivity contribution in [2.45, 2.75) is 33.2 Å². The maximum Gasteiger partial charge on any atom is 0.330 e. The third-order valence-corrected chi connectivity index (χ3v) is 2.38. The molecular formula is C10H20N2O2. The topological polar surface area (TPSA) is 41.6 Å². The van der Waals surface area contributed by atoms with Crippen LogP contribution in [0.2, 0.25) is 0 Å². The average Bonchev–Trinajstić information content (AvgIpc) is 2.50. The lowest BCUT2D eigenvalue weighted by Crippen LogP contribution is -2.34. The Morgan fingerprint density at radius 3 is 2.57 bits per heavy atom. The van der Waals surface area contributed by atoms with E-state index >= 15 is 0 Å². The van der Waals surface area contributed by atoms with Gasteiger partial charge < -0.3 is 10.2 Å². The van der Waals surface area contributed by atoms with E-state index in [0.717, 1.165) is 19.5 Å². The largest absolute Gasteiger partial charge is 0.367 e. The number of nitrogens with one attached hydrogen (secondary N) is 1. The van der Waals surface area contributed by atoms with Gasteiger partial charge in [0.2, 0.25) is 0 Å². The minimum absolute atomic E-state index is 0.158. The van der Waals surface area contributed by atoms with Gasteiger partial charge >= 0.3 is 5.97 Å². The van der Waals surface area contributed by atoms with Gasteiger partial charge in [-0.15, -0.1) is 5.06 Å². The van der Waals surface area contributed by atoms with Gasteiger partial charge in [0, 0.05) is 12.6 Å². The molecule has 0 aromatic heterocycles. The SMILES string of the molecule is CN[C@@H]1CCN(OC(=O)C(C)(C)C)C1. The van der Waals surface area contributed by atoms with Crippen LogP contribution in [0.4, 0.5) is 0 Å². The quantitative estimate of drug-likeness (QED) is 0.715. The van der Waals surface area contributed by atoms with E-state index in [0.29, 0.717) is 6.04 Å². The van der Waals surface area contributed by atoms with Crippen LogP contribution in [0.15, 0.2) is 0 Å². The van der Waals surface area contributed by atoms with Gasteiger partial charge in [-0.3, -0.25) is 0 Å². The monoisotopic (exact) mass is 200 g/mol. The van der Waals surface area contributed by atoms with Crippen molar-refractivity contribution in [2.24, 2.45) is 5.41 Å². The predicted octanol–water partition coefficient (Wildman–Crippen LogP) is 0.784. The second-order valence-corrected chi connectivity index (χ2v) is 4.79. The fourth-order valence-corrected chi connectivity index (χ4v) is 1.30. The molecule has 0 unspecified atom stereocenters. The van der Waals surface area contributed by atoms with E-state index in [2.05, 4.69) is 5.32 Å². The summed E-state index contributed by atoms with van der Waals surface area (Å²) < 4.78 is 0. The highest BCUT2D eigenvalue weighted by Crippen LogP contribution is 2.18. The molecule has 1 heterocycles. The highest BCUT2D eigenvalue weighted by atomic mass is 16.7. The summed E-state index contributed by atoms with van der Waals surface area (Å²) in [5.74, 6) is -0.158. The van der Waals surface area contributed by atoms with E-state index in [9.17, 15) is 4.79 Å². The summed E-state index contributed by atoms with van der Waals surface area (Å²) in [7, 11) is 1.93. The molecule has 1 aliphatic heterocycles. The van der Waals surface area contributed by atoms with Gasteiger partial charge in [0.05, 0.1) is 12.0 Å². The average molecular weight is 200 g/mol. The molecule has 82 valence electrons. The molecule has 1 atom stereocenters. The first-order valence-corrected chi connectivity index (χ1v) is 5.08. The van der Waals surface area contributed by atoms with Gasteiger partial charge in [0.15, 0.2) is 0 Å². The Bertz CT molecular complexity index is 211. The van der Waals surface area contributed by atoms with E-state index in [1.165, 1.54) is 0 Å². The molecule has 0 radical (unpaired) electrons. The molecule has 0 bridgehead atoms. The van der Waals surface area contributed by atoms with Crippen molar-refractivity contribution < 1.29 is 9.63 Å². The van der Waals surface area contributed by atoms with Crippen molar-refractivity contribution in [3.8, 4) is 0 Å². The predicted molar refractivity (Wildman–Crippen MR) is 54.6 cm³/mol. The van der Waals surface area contributed by atoms with Crippen molar-refractivity contribution in [3.63, 3.8) is 0 Å². The van der Waals surface area contributed by atoms with Crippen molar-refractivity contribution in [2.75, 3.05) is 20.1 Å². The number of likely N-dealkylation sites (N-methyl/N-ethyl adjacent to an activating group) is 1. The first-order chi connectivity index (χ1) is 6.43. The van der Waals surface area contributed by atoms with Crippen molar-refractivity contribution in [1.82, 2.24) is 10.4 Å². The van der Waals surface area contributed by atoms with E-state index < -0.39 is 5.41 Å². The highest BCUT2D eigenvalue weighted by molar-refractivity contribution is 5.75. The zero-order valence-electron chi connectivity index (χ0n) is 9.46. The minimum Gasteiger partial charge on any atom is -0.367 e. The Hall–Kier alpha value is -0.610. The van der Waals surface area contributed by atoms with Crippen molar-refractivity contribution in [3.05, 3.63) is 0 Å². The molecule has 14 heavy (non-hydrogen) atoms. The molecule has 0 saturated carbocycles. The number of nitrogens with zero attached hydrogens (tertiary/aromatic N) is 1. The molecule has 4 heteroatoms. The lowest BCUT2D eigenvalue weighted by molar-refractivity contribution is -0.195. The van der Waals surface area contributed by atoms with Crippen LogP contribution < -0.4 is 5.32 Å². The van der Waals surface area contributed by atoms with Crippen LogP contribution in [0, 0.1) is 5.41 Å². The second-order valence-electron chi connectivity index (χ2n) is 4.79. The fourth-order valence-electron chi connectivity index (χ4n) is 1.30. The Kier molecular flexibility index (Phi) is 3.50. The normalized spacial score (nSPS) is 23.9. The van der Waals surface area contributed by atoms with Crippen LogP contribution >= 0.6 is 0 Å². The second kappa shape index (κ2) is 4.28. The Morgan fingerprint density at radius 2 is 2.14 bits per heavy atom. The maximum atomic E-state index is 11.5. The number of hydrogen-bond acceptors (Lipinski definition) is 4. The third-order valence-electron chi connectivity index (χ3n) is 2.38. The minimum atomic E-state index is -0.419. The summed E-state index contributed by atoms with van der Waals surface area (Å²) in [4.78, 5) is 16.8. The zero-order valence-corrected chi connectivity index (χ0v) is 9.46. The molecular weight excluding hydrogens is 180 g/mol. The molecule has 1 fully saturated rings. The standard InChI is InChI=1S/C10H20N2O2/c1-10(2,3)9(13)14-12-6-5-8(7-12)11-4/h8,11H,5-7H2,1-4H3/t8-/m1/s1. The third kappa shape index (κ3) is 2.96.